The van der Waals surface area contributed by atoms with Gasteiger partial charge in [-0.05, 0) is 50.2 Å². The topological polar surface area (TPSA) is 60.8 Å². The average molecular weight is 435 g/mol. The van der Waals surface area contributed by atoms with E-state index < -0.39 is 10.0 Å². The lowest BCUT2D eigenvalue weighted by Crippen LogP contribution is -2.35. The van der Waals surface area contributed by atoms with Gasteiger partial charge in [0.05, 0.1) is 17.5 Å². The Kier molecular flexibility index (Phi) is 5.46. The van der Waals surface area contributed by atoms with E-state index in [-0.39, 0.29) is 11.0 Å². The molecule has 2 aromatic carbocycles. The predicted octanol–water partition coefficient (Wildman–Crippen LogP) is 4.01. The molecule has 1 fully saturated rings. The Hall–Kier alpha value is -2.22. The largest absolute Gasteiger partial charge is 0.493 e. The van der Waals surface area contributed by atoms with Gasteiger partial charge in [0.2, 0.25) is 0 Å². The van der Waals surface area contributed by atoms with Crippen LogP contribution in [0.1, 0.15) is 12.8 Å². The molecule has 0 amide bonds. The Balaban J connectivity index is 1.71. The molecule has 0 N–H and O–H groups in total. The maximum absolute atomic E-state index is 13.3. The van der Waals surface area contributed by atoms with Gasteiger partial charge >= 0.3 is 0 Å². The number of aromatic nitrogens is 1. The molecule has 0 radical (unpaired) electrons. The molecule has 0 spiro atoms. The summed E-state index contributed by atoms with van der Waals surface area (Å²) < 4.78 is 39.4. The van der Waals surface area contributed by atoms with Crippen molar-refractivity contribution in [1.29, 1.82) is 0 Å². The monoisotopic (exact) mass is 434 g/mol. The number of fused-ring (bicyclic) bond motifs is 1. The van der Waals surface area contributed by atoms with Crippen molar-refractivity contribution < 1.29 is 17.9 Å². The van der Waals surface area contributed by atoms with Gasteiger partial charge in [0, 0.05) is 35.8 Å². The van der Waals surface area contributed by atoms with E-state index in [1.165, 1.54) is 16.2 Å². The molecule has 154 valence electrons. The molecule has 1 aromatic heterocycles. The van der Waals surface area contributed by atoms with Crippen molar-refractivity contribution in [2.24, 2.45) is 0 Å². The molecule has 1 aliphatic heterocycles. The molecular weight excluding hydrogens is 412 g/mol. The fourth-order valence-corrected chi connectivity index (χ4v) is 5.12. The van der Waals surface area contributed by atoms with Crippen LogP contribution < -0.4 is 9.47 Å². The predicted molar refractivity (Wildman–Crippen MR) is 114 cm³/mol. The summed E-state index contributed by atoms with van der Waals surface area (Å²) in [6, 6.07) is 11.6. The summed E-state index contributed by atoms with van der Waals surface area (Å²) in [5.41, 5.74) is 0.533. The number of hydrogen-bond donors (Lipinski definition) is 0. The number of piperidine rings is 1. The Bertz CT molecular complexity index is 1130. The molecule has 0 aliphatic carbocycles. The van der Waals surface area contributed by atoms with Crippen LogP contribution in [-0.2, 0) is 10.0 Å². The molecule has 1 aliphatic rings. The van der Waals surface area contributed by atoms with Gasteiger partial charge in [-0.3, -0.25) is 0 Å². The van der Waals surface area contributed by atoms with Crippen LogP contribution in [0, 0.1) is 0 Å². The SMILES string of the molecule is COc1ccc(S(=O)(=O)n2ccc3ccc(Cl)cc32)cc1OC1CCN(C)CC1. The zero-order chi connectivity index (χ0) is 20.6. The molecular formula is C21H23ClN2O4S. The first-order valence-electron chi connectivity index (χ1n) is 9.44. The van der Waals surface area contributed by atoms with E-state index >= 15 is 0 Å². The minimum Gasteiger partial charge on any atom is -0.493 e. The van der Waals surface area contributed by atoms with Crippen molar-refractivity contribution in [1.82, 2.24) is 8.87 Å². The zero-order valence-electron chi connectivity index (χ0n) is 16.3. The Morgan fingerprint density at radius 2 is 1.79 bits per heavy atom. The van der Waals surface area contributed by atoms with E-state index in [1.807, 2.05) is 0 Å². The van der Waals surface area contributed by atoms with Crippen molar-refractivity contribution in [3.05, 3.63) is 53.7 Å². The number of nitrogens with zero attached hydrogens (tertiary/aromatic N) is 2. The lowest BCUT2D eigenvalue weighted by molar-refractivity contribution is 0.111. The summed E-state index contributed by atoms with van der Waals surface area (Å²) in [6.07, 6.45) is 3.34. The summed E-state index contributed by atoms with van der Waals surface area (Å²) >= 11 is 6.08. The van der Waals surface area contributed by atoms with Crippen LogP contribution in [0.25, 0.3) is 10.9 Å². The maximum Gasteiger partial charge on any atom is 0.268 e. The molecule has 8 heteroatoms. The number of hydrogen-bond acceptors (Lipinski definition) is 5. The second kappa shape index (κ2) is 7.89. The minimum absolute atomic E-state index is 0.0317. The first-order valence-corrected chi connectivity index (χ1v) is 11.3. The number of halogens is 1. The van der Waals surface area contributed by atoms with Crippen molar-refractivity contribution in [3.63, 3.8) is 0 Å². The van der Waals surface area contributed by atoms with Crippen LogP contribution in [-0.4, -0.2) is 50.6 Å². The summed E-state index contributed by atoms with van der Waals surface area (Å²) in [5.74, 6) is 0.959. The number of ether oxygens (including phenoxy) is 2. The normalized spacial score (nSPS) is 16.2. The molecule has 0 saturated carbocycles. The summed E-state index contributed by atoms with van der Waals surface area (Å²) in [4.78, 5) is 2.39. The first kappa shape index (κ1) is 20.1. The highest BCUT2D eigenvalue weighted by Crippen LogP contribution is 2.34. The van der Waals surface area contributed by atoms with Crippen LogP contribution >= 0.6 is 11.6 Å². The van der Waals surface area contributed by atoms with E-state index in [1.54, 1.807) is 43.5 Å². The van der Waals surface area contributed by atoms with Gasteiger partial charge in [-0.25, -0.2) is 12.4 Å². The third-order valence-corrected chi connectivity index (χ3v) is 7.19. The second-order valence-corrected chi connectivity index (χ2v) is 9.50. The minimum atomic E-state index is -3.82. The molecule has 0 bridgehead atoms. The van der Waals surface area contributed by atoms with E-state index in [2.05, 4.69) is 11.9 Å². The molecule has 29 heavy (non-hydrogen) atoms. The van der Waals surface area contributed by atoms with Crippen LogP contribution in [0.15, 0.2) is 53.6 Å². The first-order chi connectivity index (χ1) is 13.9. The van der Waals surface area contributed by atoms with Gasteiger partial charge < -0.3 is 14.4 Å². The second-order valence-electron chi connectivity index (χ2n) is 7.25. The van der Waals surface area contributed by atoms with Gasteiger partial charge in [0.1, 0.15) is 6.10 Å². The fourth-order valence-electron chi connectivity index (χ4n) is 3.59. The highest BCUT2D eigenvalue weighted by molar-refractivity contribution is 7.90. The number of methoxy groups -OCH3 is 1. The van der Waals surface area contributed by atoms with Crippen molar-refractivity contribution >= 4 is 32.5 Å². The van der Waals surface area contributed by atoms with E-state index in [9.17, 15) is 8.42 Å². The zero-order valence-corrected chi connectivity index (χ0v) is 17.9. The average Bonchev–Trinajstić information content (AvgIpc) is 3.13. The highest BCUT2D eigenvalue weighted by atomic mass is 35.5. The third-order valence-electron chi connectivity index (χ3n) is 5.27. The third kappa shape index (κ3) is 3.95. The van der Waals surface area contributed by atoms with Gasteiger partial charge in [-0.2, -0.15) is 0 Å². The van der Waals surface area contributed by atoms with Crippen LogP contribution in [0.3, 0.4) is 0 Å². The van der Waals surface area contributed by atoms with E-state index in [0.29, 0.717) is 22.0 Å². The van der Waals surface area contributed by atoms with Crippen LogP contribution in [0.5, 0.6) is 11.5 Å². The summed E-state index contributed by atoms with van der Waals surface area (Å²) in [5, 5.41) is 1.28. The summed E-state index contributed by atoms with van der Waals surface area (Å²) in [6.45, 7) is 1.89. The molecule has 4 rings (SSSR count). The molecule has 0 unspecified atom stereocenters. The van der Waals surface area contributed by atoms with Gasteiger partial charge in [0.25, 0.3) is 10.0 Å². The van der Waals surface area contributed by atoms with E-state index in [4.69, 9.17) is 21.1 Å². The molecule has 6 nitrogen and oxygen atoms in total. The lowest BCUT2D eigenvalue weighted by Gasteiger charge is -2.29. The quantitative estimate of drug-likeness (QED) is 0.607. The number of likely N-dealkylation sites (tertiary alicyclic amines) is 1. The highest BCUT2D eigenvalue weighted by Gasteiger charge is 2.24. The molecule has 1 saturated heterocycles. The Labute approximate surface area is 175 Å². The standard InChI is InChI=1S/C21H23ClN2O4S/c1-23-10-8-17(9-11-23)28-21-14-18(5-6-20(21)27-2)29(25,26)24-12-7-15-3-4-16(22)13-19(15)24/h3-7,12-14,17H,8-11H2,1-2H3. The summed E-state index contributed by atoms with van der Waals surface area (Å²) in [7, 11) is -0.193. The van der Waals surface area contributed by atoms with Gasteiger partial charge in [-0.1, -0.05) is 17.7 Å². The van der Waals surface area contributed by atoms with E-state index in [0.717, 1.165) is 31.3 Å². The number of rotatable bonds is 5. The number of benzene rings is 2. The Morgan fingerprint density at radius 1 is 1.03 bits per heavy atom. The molecule has 2 heterocycles. The van der Waals surface area contributed by atoms with Gasteiger partial charge in [0.15, 0.2) is 11.5 Å². The molecule has 3 aromatic rings. The maximum atomic E-state index is 13.3. The van der Waals surface area contributed by atoms with Gasteiger partial charge in [-0.15, -0.1) is 0 Å². The van der Waals surface area contributed by atoms with Crippen molar-refractivity contribution in [2.75, 3.05) is 27.2 Å². The van der Waals surface area contributed by atoms with Crippen molar-refractivity contribution in [3.8, 4) is 11.5 Å². The van der Waals surface area contributed by atoms with Crippen LogP contribution in [0.2, 0.25) is 5.02 Å². The smallest absolute Gasteiger partial charge is 0.268 e. The van der Waals surface area contributed by atoms with Crippen molar-refractivity contribution in [2.45, 2.75) is 23.8 Å². The molecule has 0 atom stereocenters. The lowest BCUT2D eigenvalue weighted by atomic mass is 10.1. The fraction of sp³-hybridized carbons (Fsp3) is 0.333. The Morgan fingerprint density at radius 3 is 2.52 bits per heavy atom. The van der Waals surface area contributed by atoms with Crippen LogP contribution in [0.4, 0.5) is 0 Å².